The number of nitrogens with zero attached hydrogens (tertiary/aromatic N) is 2. The Kier molecular flexibility index (Phi) is 8.05. The van der Waals surface area contributed by atoms with E-state index >= 15 is 0 Å². The summed E-state index contributed by atoms with van der Waals surface area (Å²) in [7, 11) is 0. The number of carboxylic acid groups (broad SMARTS) is 1. The molecule has 9 heteroatoms. The highest BCUT2D eigenvalue weighted by Gasteiger charge is 2.43. The molecular weight excluding hydrogens is 436 g/mol. The van der Waals surface area contributed by atoms with Crippen molar-refractivity contribution in [2.24, 2.45) is 23.7 Å². The predicted octanol–water partition coefficient (Wildman–Crippen LogP) is 3.31. The number of carbonyl (C=O) groups excluding carboxylic acids is 2. The first-order valence-electron chi connectivity index (χ1n) is 12.2. The number of rotatable bonds is 9. The largest absolute Gasteiger partial charge is 0.481 e. The van der Waals surface area contributed by atoms with Crippen LogP contribution in [-0.4, -0.2) is 50.9 Å². The third-order valence-electron chi connectivity index (χ3n) is 6.67. The minimum Gasteiger partial charge on any atom is -0.481 e. The smallest absolute Gasteiger partial charge is 0.306 e. The first-order chi connectivity index (χ1) is 16.0. The first-order valence-corrected chi connectivity index (χ1v) is 12.2. The third-order valence-corrected chi connectivity index (χ3v) is 6.67. The predicted molar refractivity (Wildman–Crippen MR) is 128 cm³/mol. The molecule has 34 heavy (non-hydrogen) atoms. The lowest BCUT2D eigenvalue weighted by molar-refractivity contribution is -0.145. The Morgan fingerprint density at radius 1 is 1.26 bits per heavy atom. The second-order valence-electron chi connectivity index (χ2n) is 10.7. The average molecular weight is 475 g/mol. The van der Waals surface area contributed by atoms with Gasteiger partial charge in [0.2, 0.25) is 11.8 Å². The minimum atomic E-state index is -0.735. The van der Waals surface area contributed by atoms with Crippen LogP contribution in [0, 0.1) is 23.7 Å². The highest BCUT2D eigenvalue weighted by Crippen LogP contribution is 2.43. The van der Waals surface area contributed by atoms with E-state index in [4.69, 9.17) is 4.74 Å². The molecule has 9 nitrogen and oxygen atoms in total. The number of aromatic nitrogens is 2. The standard InChI is InChI=1S/C25H38N4O5/c1-15(2)14-34-23-20(13-26-29(23)10-9-25(4,5)28-16(3)30)22(31)27-21-17-7-6-8-18(21)12-19(11-17)24(32)33/h9-10,13,15,17-19,21H,6-8,11-12,14H2,1-5H3,(H,27,31)(H,28,30)(H,32,33). The lowest BCUT2D eigenvalue weighted by Gasteiger charge is -2.45. The molecule has 2 amide bonds. The summed E-state index contributed by atoms with van der Waals surface area (Å²) >= 11 is 0. The maximum Gasteiger partial charge on any atom is 0.306 e. The van der Waals surface area contributed by atoms with Gasteiger partial charge in [0.25, 0.3) is 5.91 Å². The van der Waals surface area contributed by atoms with E-state index in [1.165, 1.54) is 17.8 Å². The van der Waals surface area contributed by atoms with Crippen LogP contribution in [0.4, 0.5) is 0 Å². The highest BCUT2D eigenvalue weighted by molar-refractivity contribution is 5.96. The van der Waals surface area contributed by atoms with E-state index in [-0.39, 0.29) is 41.5 Å². The molecule has 2 fully saturated rings. The second-order valence-corrected chi connectivity index (χ2v) is 10.7. The Morgan fingerprint density at radius 3 is 2.47 bits per heavy atom. The Labute approximate surface area is 201 Å². The van der Waals surface area contributed by atoms with E-state index in [0.29, 0.717) is 30.9 Å². The van der Waals surface area contributed by atoms with E-state index in [9.17, 15) is 19.5 Å². The number of aliphatic carboxylic acids is 1. The van der Waals surface area contributed by atoms with Crippen LogP contribution in [0.1, 0.15) is 77.1 Å². The molecule has 0 saturated heterocycles. The Balaban J connectivity index is 1.80. The number of carboxylic acids is 1. The van der Waals surface area contributed by atoms with Gasteiger partial charge in [-0.25, -0.2) is 4.68 Å². The molecule has 1 aromatic heterocycles. The molecule has 2 aliphatic carbocycles. The van der Waals surface area contributed by atoms with E-state index in [2.05, 4.69) is 15.7 Å². The van der Waals surface area contributed by atoms with Crippen LogP contribution in [0.2, 0.25) is 0 Å². The van der Waals surface area contributed by atoms with Crippen molar-refractivity contribution in [1.29, 1.82) is 0 Å². The van der Waals surface area contributed by atoms with E-state index < -0.39 is 11.5 Å². The zero-order chi connectivity index (χ0) is 25.0. The number of hydrogen-bond donors (Lipinski definition) is 3. The monoisotopic (exact) mass is 474 g/mol. The van der Waals surface area contributed by atoms with Crippen LogP contribution in [0.25, 0.3) is 6.20 Å². The topological polar surface area (TPSA) is 123 Å². The molecule has 0 aromatic carbocycles. The summed E-state index contributed by atoms with van der Waals surface area (Å²) in [5, 5.41) is 19.9. The number of carbonyl (C=O) groups is 3. The van der Waals surface area contributed by atoms with Gasteiger partial charge in [0.05, 0.1) is 24.3 Å². The first kappa shape index (κ1) is 25.8. The molecular formula is C25H38N4O5. The van der Waals surface area contributed by atoms with Gasteiger partial charge >= 0.3 is 5.97 Å². The van der Waals surface area contributed by atoms with Crippen LogP contribution >= 0.6 is 0 Å². The van der Waals surface area contributed by atoms with Crippen molar-refractivity contribution >= 4 is 24.0 Å². The molecule has 2 unspecified atom stereocenters. The molecule has 0 aliphatic heterocycles. The summed E-state index contributed by atoms with van der Waals surface area (Å²) in [5.41, 5.74) is -0.253. The van der Waals surface area contributed by atoms with Crippen molar-refractivity contribution < 1.29 is 24.2 Å². The molecule has 1 aromatic rings. The van der Waals surface area contributed by atoms with Crippen LogP contribution in [-0.2, 0) is 9.59 Å². The van der Waals surface area contributed by atoms with Gasteiger partial charge in [-0.2, -0.15) is 5.10 Å². The summed E-state index contributed by atoms with van der Waals surface area (Å²) in [4.78, 5) is 36.4. The molecule has 188 valence electrons. The fourth-order valence-electron chi connectivity index (χ4n) is 5.16. The van der Waals surface area contributed by atoms with Gasteiger partial charge in [-0.05, 0) is 63.4 Å². The number of amides is 2. The maximum atomic E-state index is 13.3. The molecule has 2 saturated carbocycles. The highest BCUT2D eigenvalue weighted by atomic mass is 16.5. The minimum absolute atomic E-state index is 0.0348. The molecule has 3 N–H and O–H groups in total. The molecule has 2 bridgehead atoms. The molecule has 2 aliphatic rings. The summed E-state index contributed by atoms with van der Waals surface area (Å²) in [6.45, 7) is 9.66. The van der Waals surface area contributed by atoms with Crippen molar-refractivity contribution in [3.05, 3.63) is 17.8 Å². The van der Waals surface area contributed by atoms with Gasteiger partial charge in [0.1, 0.15) is 5.56 Å². The second kappa shape index (κ2) is 10.6. The summed E-state index contributed by atoms with van der Waals surface area (Å²) < 4.78 is 7.51. The van der Waals surface area contributed by atoms with Crippen molar-refractivity contribution in [3.63, 3.8) is 0 Å². The normalized spacial score (nSPS) is 24.8. The number of ether oxygens (including phenoxy) is 1. The van der Waals surface area contributed by atoms with Crippen LogP contribution in [0.5, 0.6) is 5.88 Å². The van der Waals surface area contributed by atoms with Crippen molar-refractivity contribution in [2.75, 3.05) is 6.61 Å². The van der Waals surface area contributed by atoms with Gasteiger partial charge in [-0.15, -0.1) is 0 Å². The Hall–Kier alpha value is -2.84. The fraction of sp³-hybridized carbons (Fsp3) is 0.680. The van der Waals surface area contributed by atoms with Gasteiger partial charge in [-0.3, -0.25) is 14.4 Å². The van der Waals surface area contributed by atoms with Crippen molar-refractivity contribution in [2.45, 2.75) is 78.3 Å². The van der Waals surface area contributed by atoms with Gasteiger partial charge in [-0.1, -0.05) is 20.3 Å². The number of hydrogen-bond acceptors (Lipinski definition) is 5. The number of nitrogens with one attached hydrogen (secondary N) is 2. The summed E-state index contributed by atoms with van der Waals surface area (Å²) in [5.74, 6) is -0.508. The fourth-order valence-corrected chi connectivity index (χ4v) is 5.16. The Morgan fingerprint density at radius 2 is 1.91 bits per heavy atom. The molecule has 2 atom stereocenters. The molecule has 3 rings (SSSR count). The lowest BCUT2D eigenvalue weighted by atomic mass is 9.64. The summed E-state index contributed by atoms with van der Waals surface area (Å²) in [6, 6.07) is -0.0348. The van der Waals surface area contributed by atoms with Crippen LogP contribution in [0.15, 0.2) is 12.3 Å². The van der Waals surface area contributed by atoms with E-state index in [0.717, 1.165) is 19.3 Å². The molecule has 1 heterocycles. The van der Waals surface area contributed by atoms with Crippen LogP contribution < -0.4 is 15.4 Å². The van der Waals surface area contributed by atoms with Gasteiger partial charge in [0.15, 0.2) is 0 Å². The Bertz CT molecular complexity index is 922. The molecule has 0 spiro atoms. The zero-order valence-corrected chi connectivity index (χ0v) is 20.8. The third kappa shape index (κ3) is 6.39. The van der Waals surface area contributed by atoms with E-state index in [1.807, 2.05) is 27.7 Å². The van der Waals surface area contributed by atoms with Crippen LogP contribution in [0.3, 0.4) is 0 Å². The quantitative estimate of drug-likeness (QED) is 0.505. The molecule has 0 radical (unpaired) electrons. The summed E-state index contributed by atoms with van der Waals surface area (Å²) in [6.07, 6.45) is 9.13. The average Bonchev–Trinajstić information content (AvgIpc) is 3.12. The van der Waals surface area contributed by atoms with Gasteiger partial charge < -0.3 is 20.5 Å². The lowest BCUT2D eigenvalue weighted by Crippen LogP contribution is -2.52. The number of fused-ring (bicyclic) bond motifs is 2. The maximum absolute atomic E-state index is 13.3. The van der Waals surface area contributed by atoms with Crippen molar-refractivity contribution in [3.8, 4) is 5.88 Å². The van der Waals surface area contributed by atoms with Crippen molar-refractivity contribution in [1.82, 2.24) is 20.4 Å². The van der Waals surface area contributed by atoms with Gasteiger partial charge in [0, 0.05) is 19.2 Å². The van der Waals surface area contributed by atoms with E-state index in [1.54, 1.807) is 12.3 Å². The SMILES string of the molecule is CC(=O)NC(C)(C)C=Cn1ncc(C(=O)NC2C3CCCC2CC(C(=O)O)C3)c1OCC(C)C. The zero-order valence-electron chi connectivity index (χ0n) is 20.8.